The number of rotatable bonds is 1. The van der Waals surface area contributed by atoms with Crippen LogP contribution in [0.25, 0.3) is 11.6 Å². The number of anilines is 1. The van der Waals surface area contributed by atoms with Crippen LogP contribution in [0, 0.1) is 0 Å². The van der Waals surface area contributed by atoms with Crippen molar-refractivity contribution >= 4 is 82.4 Å². The summed E-state index contributed by atoms with van der Waals surface area (Å²) in [7, 11) is 0. The van der Waals surface area contributed by atoms with Crippen LogP contribution in [0.5, 0.6) is 0 Å². The van der Waals surface area contributed by atoms with Gasteiger partial charge in [0.25, 0.3) is 5.91 Å². The lowest BCUT2D eigenvalue weighted by Gasteiger charge is -2.02. The lowest BCUT2D eigenvalue weighted by atomic mass is 10.1. The van der Waals surface area contributed by atoms with Crippen LogP contribution in [0.1, 0.15) is 10.4 Å². The molecule has 0 spiro atoms. The van der Waals surface area contributed by atoms with Crippen LogP contribution in [0.3, 0.4) is 0 Å². The molecule has 2 nitrogen and oxygen atoms in total. The molecular formula is C13H6Br3NOS. The second kappa shape index (κ2) is 5.16. The van der Waals surface area contributed by atoms with Crippen LogP contribution in [0.15, 0.2) is 37.0 Å². The number of carbonyl (C=O) groups excluding carboxylic acids is 1. The monoisotopic (exact) mass is 461 g/mol. The quantitative estimate of drug-likeness (QED) is 0.554. The summed E-state index contributed by atoms with van der Waals surface area (Å²) >= 11 is 11.9. The van der Waals surface area contributed by atoms with Gasteiger partial charge in [0.05, 0.1) is 11.3 Å². The van der Waals surface area contributed by atoms with Gasteiger partial charge in [-0.15, -0.1) is 11.3 Å². The number of thiophene rings is 1. The normalized spacial score (nSPS) is 15.7. The third-order valence-corrected chi connectivity index (χ3v) is 5.43. The Kier molecular flexibility index (Phi) is 3.68. The fourth-order valence-electron chi connectivity index (χ4n) is 1.91. The van der Waals surface area contributed by atoms with E-state index >= 15 is 0 Å². The number of halogens is 3. The zero-order chi connectivity index (χ0) is 13.6. The van der Waals surface area contributed by atoms with E-state index in [1.54, 1.807) is 11.3 Å². The smallest absolute Gasteiger partial charge is 0.256 e. The molecule has 96 valence electrons. The zero-order valence-corrected chi connectivity index (χ0v) is 14.9. The van der Waals surface area contributed by atoms with Crippen LogP contribution in [-0.2, 0) is 4.79 Å². The highest BCUT2D eigenvalue weighted by atomic mass is 79.9. The van der Waals surface area contributed by atoms with Crippen molar-refractivity contribution in [2.75, 3.05) is 5.32 Å². The predicted octanol–water partition coefficient (Wildman–Crippen LogP) is 5.53. The predicted molar refractivity (Wildman–Crippen MR) is 90.4 cm³/mol. The van der Waals surface area contributed by atoms with Crippen molar-refractivity contribution in [3.63, 3.8) is 0 Å². The second-order valence-electron chi connectivity index (χ2n) is 3.99. The molecule has 1 N–H and O–H groups in total. The summed E-state index contributed by atoms with van der Waals surface area (Å²) in [5, 5.41) is 4.89. The van der Waals surface area contributed by atoms with Crippen LogP contribution in [-0.4, -0.2) is 5.91 Å². The maximum Gasteiger partial charge on any atom is 0.256 e. The van der Waals surface area contributed by atoms with E-state index in [2.05, 4.69) is 53.1 Å². The molecule has 2 heterocycles. The number of hydrogen-bond donors (Lipinski definition) is 1. The van der Waals surface area contributed by atoms with Gasteiger partial charge in [-0.05, 0) is 56.1 Å². The molecule has 0 fully saturated rings. The second-order valence-corrected chi connectivity index (χ2v) is 7.62. The van der Waals surface area contributed by atoms with Crippen molar-refractivity contribution in [3.8, 4) is 0 Å². The largest absolute Gasteiger partial charge is 0.320 e. The van der Waals surface area contributed by atoms with E-state index < -0.39 is 0 Å². The van der Waals surface area contributed by atoms with E-state index in [1.807, 2.05) is 29.7 Å². The van der Waals surface area contributed by atoms with Gasteiger partial charge in [-0.25, -0.2) is 0 Å². The van der Waals surface area contributed by atoms with Gasteiger partial charge in [-0.3, -0.25) is 4.79 Å². The number of fused-ring (bicyclic) bond motifs is 1. The maximum absolute atomic E-state index is 12.1. The van der Waals surface area contributed by atoms with Gasteiger partial charge < -0.3 is 5.32 Å². The molecule has 0 unspecified atom stereocenters. The number of hydrogen-bond acceptors (Lipinski definition) is 2. The standard InChI is InChI=1S/C13H6Br3NOS/c14-6-2-9-10(4-8-1-7(15)5-19-8)13(18)17-12(9)11(16)3-6/h1-5H,(H,17,18). The number of nitrogens with one attached hydrogen (secondary N) is 1. The fraction of sp³-hybridized carbons (Fsp3) is 0. The molecule has 1 aliphatic heterocycles. The Morgan fingerprint density at radius 3 is 2.58 bits per heavy atom. The SMILES string of the molecule is O=C1Nc2c(Br)cc(Br)cc2C1=Cc1cc(Br)cs1. The van der Waals surface area contributed by atoms with Gasteiger partial charge in [0.1, 0.15) is 0 Å². The van der Waals surface area contributed by atoms with Gasteiger partial charge >= 0.3 is 0 Å². The molecule has 0 saturated carbocycles. The lowest BCUT2D eigenvalue weighted by Crippen LogP contribution is -2.03. The van der Waals surface area contributed by atoms with E-state index in [9.17, 15) is 4.79 Å². The Labute approximate surface area is 139 Å². The molecule has 1 amide bonds. The first-order valence-corrected chi connectivity index (χ1v) is 8.57. The molecule has 0 bridgehead atoms. The van der Waals surface area contributed by atoms with Crippen LogP contribution in [0.4, 0.5) is 5.69 Å². The van der Waals surface area contributed by atoms with Crippen molar-refractivity contribution < 1.29 is 4.79 Å². The fourth-order valence-corrected chi connectivity index (χ4v) is 4.61. The Morgan fingerprint density at radius 1 is 1.11 bits per heavy atom. The molecule has 1 aromatic carbocycles. The molecule has 3 rings (SSSR count). The third-order valence-electron chi connectivity index (χ3n) is 2.70. The average Bonchev–Trinajstić information content (AvgIpc) is 2.87. The van der Waals surface area contributed by atoms with E-state index in [0.29, 0.717) is 5.57 Å². The number of amides is 1. The third kappa shape index (κ3) is 2.59. The van der Waals surface area contributed by atoms with Crippen LogP contribution in [0.2, 0.25) is 0 Å². The lowest BCUT2D eigenvalue weighted by molar-refractivity contribution is -0.110. The topological polar surface area (TPSA) is 29.1 Å². The Morgan fingerprint density at radius 2 is 1.89 bits per heavy atom. The zero-order valence-electron chi connectivity index (χ0n) is 9.34. The Balaban J connectivity index is 2.15. The molecule has 0 aliphatic carbocycles. The van der Waals surface area contributed by atoms with E-state index in [0.717, 1.165) is 29.5 Å². The van der Waals surface area contributed by atoms with Gasteiger partial charge in [0.15, 0.2) is 0 Å². The summed E-state index contributed by atoms with van der Waals surface area (Å²) in [6.07, 6.45) is 1.91. The molecule has 0 saturated heterocycles. The first-order chi connectivity index (χ1) is 9.04. The van der Waals surface area contributed by atoms with Crippen LogP contribution < -0.4 is 5.32 Å². The molecule has 0 radical (unpaired) electrons. The summed E-state index contributed by atoms with van der Waals surface area (Å²) in [6.45, 7) is 0. The van der Waals surface area contributed by atoms with Crippen molar-refractivity contribution in [3.05, 3.63) is 47.4 Å². The van der Waals surface area contributed by atoms with Gasteiger partial charge in [-0.1, -0.05) is 15.9 Å². The Bertz CT molecular complexity index is 721. The first-order valence-electron chi connectivity index (χ1n) is 5.31. The summed E-state index contributed by atoms with van der Waals surface area (Å²) in [5.41, 5.74) is 2.43. The minimum atomic E-state index is -0.0710. The van der Waals surface area contributed by atoms with Crippen molar-refractivity contribution in [1.82, 2.24) is 0 Å². The van der Waals surface area contributed by atoms with Gasteiger partial charge in [-0.2, -0.15) is 0 Å². The average molecular weight is 464 g/mol. The van der Waals surface area contributed by atoms with Gasteiger partial charge in [0.2, 0.25) is 0 Å². The van der Waals surface area contributed by atoms with E-state index in [4.69, 9.17) is 0 Å². The molecule has 2 aromatic rings. The van der Waals surface area contributed by atoms with Crippen molar-refractivity contribution in [1.29, 1.82) is 0 Å². The highest BCUT2D eigenvalue weighted by Gasteiger charge is 2.26. The van der Waals surface area contributed by atoms with Crippen LogP contribution >= 0.6 is 59.1 Å². The van der Waals surface area contributed by atoms with E-state index in [-0.39, 0.29) is 5.91 Å². The number of carbonyl (C=O) groups is 1. The molecule has 0 atom stereocenters. The maximum atomic E-state index is 12.1. The minimum absolute atomic E-state index is 0.0710. The summed E-state index contributed by atoms with van der Waals surface area (Å²) in [6, 6.07) is 5.87. The highest BCUT2D eigenvalue weighted by molar-refractivity contribution is 9.11. The summed E-state index contributed by atoms with van der Waals surface area (Å²) < 4.78 is 2.84. The molecule has 6 heteroatoms. The number of benzene rings is 1. The van der Waals surface area contributed by atoms with Crippen molar-refractivity contribution in [2.24, 2.45) is 0 Å². The highest BCUT2D eigenvalue weighted by Crippen LogP contribution is 2.40. The van der Waals surface area contributed by atoms with E-state index in [1.165, 1.54) is 0 Å². The Hall–Kier alpha value is -0.430. The molecule has 1 aromatic heterocycles. The first kappa shape index (κ1) is 13.5. The molecule has 1 aliphatic rings. The minimum Gasteiger partial charge on any atom is -0.320 e. The molecule has 19 heavy (non-hydrogen) atoms. The molecular weight excluding hydrogens is 458 g/mol. The summed E-state index contributed by atoms with van der Waals surface area (Å²) in [4.78, 5) is 13.1. The van der Waals surface area contributed by atoms with Crippen molar-refractivity contribution in [2.45, 2.75) is 0 Å². The summed E-state index contributed by atoms with van der Waals surface area (Å²) in [5.74, 6) is -0.0710. The van der Waals surface area contributed by atoms with Gasteiger partial charge in [0, 0.05) is 29.2 Å².